The lowest BCUT2D eigenvalue weighted by molar-refractivity contribution is -0.129. The van der Waals surface area contributed by atoms with Crippen LogP contribution in [0.25, 0.3) is 0 Å². The van der Waals surface area contributed by atoms with E-state index in [1.165, 1.54) is 37.6 Å². The van der Waals surface area contributed by atoms with Crippen molar-refractivity contribution in [2.45, 2.75) is 17.5 Å². The second-order valence-corrected chi connectivity index (χ2v) is 8.46. The van der Waals surface area contributed by atoms with Gasteiger partial charge >= 0.3 is 12.0 Å². The van der Waals surface area contributed by atoms with Crippen molar-refractivity contribution in [3.8, 4) is 0 Å². The lowest BCUT2D eigenvalue weighted by Crippen LogP contribution is -2.41. The molecule has 0 saturated carbocycles. The Morgan fingerprint density at radius 1 is 0.970 bits per heavy atom. The van der Waals surface area contributed by atoms with Crippen molar-refractivity contribution < 1.29 is 32.0 Å². The fourth-order valence-electron chi connectivity index (χ4n) is 2.75. The Balaban J connectivity index is 1.73. The summed E-state index contributed by atoms with van der Waals surface area (Å²) >= 11 is 0. The summed E-state index contributed by atoms with van der Waals surface area (Å²) < 4.78 is 37.7. The quantitative estimate of drug-likeness (QED) is 0.427. The Morgan fingerprint density at radius 3 is 2.27 bits per heavy atom. The lowest BCUT2D eigenvalue weighted by Gasteiger charge is -2.17. The topological polar surface area (TPSA) is 144 Å². The van der Waals surface area contributed by atoms with E-state index in [1.54, 1.807) is 42.5 Å². The highest BCUT2D eigenvalue weighted by Crippen LogP contribution is 2.20. The number of imide groups is 1. The number of esters is 1. The summed E-state index contributed by atoms with van der Waals surface area (Å²) in [5.41, 5.74) is 0.377. The summed E-state index contributed by atoms with van der Waals surface area (Å²) in [6.45, 7) is -0.0294. The number of urea groups is 1. The number of nitrogens with one attached hydrogen (secondary N) is 3. The van der Waals surface area contributed by atoms with Gasteiger partial charge in [0.1, 0.15) is 5.76 Å². The van der Waals surface area contributed by atoms with Crippen LogP contribution in [0.3, 0.4) is 0 Å². The Hall–Kier alpha value is -3.96. The SMILES string of the molecule is CNC(=O)NC(=O)C(OC(=O)c1ccc(S(=O)(=O)NCc2ccco2)cc1)c1ccccc1. The molecule has 3 rings (SSSR count). The molecule has 0 aliphatic heterocycles. The number of sulfonamides is 1. The minimum absolute atomic E-state index is 0.0219. The maximum Gasteiger partial charge on any atom is 0.339 e. The van der Waals surface area contributed by atoms with Gasteiger partial charge in [0, 0.05) is 12.6 Å². The van der Waals surface area contributed by atoms with E-state index in [0.29, 0.717) is 11.3 Å². The number of amides is 3. The first-order valence-electron chi connectivity index (χ1n) is 9.71. The van der Waals surface area contributed by atoms with Gasteiger partial charge < -0.3 is 14.5 Å². The maximum absolute atomic E-state index is 12.7. The first kappa shape index (κ1) is 23.7. The molecule has 0 fully saturated rings. The molecule has 0 saturated heterocycles. The van der Waals surface area contributed by atoms with Crippen LogP contribution in [-0.2, 0) is 26.1 Å². The number of carbonyl (C=O) groups is 3. The second kappa shape index (κ2) is 10.6. The number of hydrogen-bond donors (Lipinski definition) is 3. The number of carbonyl (C=O) groups excluding carboxylic acids is 3. The Labute approximate surface area is 190 Å². The smallest absolute Gasteiger partial charge is 0.339 e. The molecule has 0 aliphatic carbocycles. The zero-order chi connectivity index (χ0) is 23.8. The molecule has 11 heteroatoms. The van der Waals surface area contributed by atoms with Gasteiger partial charge in [-0.25, -0.2) is 22.7 Å². The standard InChI is InChI=1S/C22H21N3O7S/c1-23-22(28)25-20(26)19(15-6-3-2-4-7-15)32-21(27)16-9-11-18(12-10-16)33(29,30)24-14-17-8-5-13-31-17/h2-13,19,24H,14H2,1H3,(H2,23,25,26,28). The van der Waals surface area contributed by atoms with Crippen molar-refractivity contribution >= 4 is 27.9 Å². The molecule has 0 aliphatic rings. The molecule has 1 heterocycles. The van der Waals surface area contributed by atoms with Gasteiger partial charge in [0.2, 0.25) is 16.1 Å². The summed E-state index contributed by atoms with van der Waals surface area (Å²) in [5, 5.41) is 4.32. The second-order valence-electron chi connectivity index (χ2n) is 6.69. The third kappa shape index (κ3) is 6.28. The zero-order valence-corrected chi connectivity index (χ0v) is 18.3. The van der Waals surface area contributed by atoms with Crippen molar-refractivity contribution in [3.63, 3.8) is 0 Å². The van der Waals surface area contributed by atoms with Gasteiger partial charge in [-0.15, -0.1) is 0 Å². The maximum atomic E-state index is 12.7. The first-order valence-corrected chi connectivity index (χ1v) is 11.2. The van der Waals surface area contributed by atoms with Crippen LogP contribution in [0, 0.1) is 0 Å². The number of ether oxygens (including phenoxy) is 1. The highest BCUT2D eigenvalue weighted by Gasteiger charge is 2.27. The van der Waals surface area contributed by atoms with Crippen LogP contribution in [0.15, 0.2) is 82.3 Å². The van der Waals surface area contributed by atoms with Gasteiger partial charge in [0.05, 0.1) is 23.3 Å². The van der Waals surface area contributed by atoms with Crippen molar-refractivity contribution in [2.24, 2.45) is 0 Å². The Morgan fingerprint density at radius 2 is 1.67 bits per heavy atom. The van der Waals surface area contributed by atoms with Crippen LogP contribution in [0.2, 0.25) is 0 Å². The minimum Gasteiger partial charge on any atom is -0.468 e. The molecule has 1 aromatic heterocycles. The summed E-state index contributed by atoms with van der Waals surface area (Å²) in [5.74, 6) is -1.26. The average Bonchev–Trinajstić information content (AvgIpc) is 3.35. The van der Waals surface area contributed by atoms with Crippen molar-refractivity contribution in [3.05, 3.63) is 89.9 Å². The van der Waals surface area contributed by atoms with Crippen LogP contribution in [0.1, 0.15) is 27.8 Å². The lowest BCUT2D eigenvalue weighted by atomic mass is 10.1. The van der Waals surface area contributed by atoms with E-state index in [1.807, 2.05) is 0 Å². The molecule has 3 aromatic rings. The van der Waals surface area contributed by atoms with Crippen LogP contribution < -0.4 is 15.4 Å². The normalized spacial score (nSPS) is 11.9. The Bertz CT molecular complexity index is 1210. The van der Waals surface area contributed by atoms with Gasteiger partial charge in [-0.1, -0.05) is 30.3 Å². The van der Waals surface area contributed by atoms with Crippen LogP contribution in [0.4, 0.5) is 4.79 Å². The van der Waals surface area contributed by atoms with Crippen molar-refractivity contribution in [2.75, 3.05) is 7.05 Å². The molecule has 3 N–H and O–H groups in total. The molecule has 0 bridgehead atoms. The van der Waals surface area contributed by atoms with Gasteiger partial charge in [0.25, 0.3) is 5.91 Å². The van der Waals surface area contributed by atoms with Crippen LogP contribution >= 0.6 is 0 Å². The third-order valence-corrected chi connectivity index (χ3v) is 5.86. The Kier molecular flexibility index (Phi) is 7.59. The number of rotatable bonds is 8. The van der Waals surface area contributed by atoms with E-state index in [2.05, 4.69) is 15.4 Å². The molecule has 0 radical (unpaired) electrons. The molecule has 172 valence electrons. The highest BCUT2D eigenvalue weighted by molar-refractivity contribution is 7.89. The molecular weight excluding hydrogens is 450 g/mol. The number of benzene rings is 2. The largest absolute Gasteiger partial charge is 0.468 e. The third-order valence-electron chi connectivity index (χ3n) is 4.45. The van der Waals surface area contributed by atoms with Gasteiger partial charge in [-0.2, -0.15) is 0 Å². The van der Waals surface area contributed by atoms with Crippen LogP contribution in [0.5, 0.6) is 0 Å². The van der Waals surface area contributed by atoms with Crippen molar-refractivity contribution in [1.29, 1.82) is 0 Å². The zero-order valence-electron chi connectivity index (χ0n) is 17.5. The predicted octanol–water partition coefficient (Wildman–Crippen LogP) is 2.11. The van der Waals surface area contributed by atoms with Crippen LogP contribution in [-0.4, -0.2) is 33.4 Å². The van der Waals surface area contributed by atoms with E-state index in [0.717, 1.165) is 0 Å². The number of furan rings is 1. The number of hydrogen-bond acceptors (Lipinski definition) is 7. The molecule has 3 amide bonds. The van der Waals surface area contributed by atoms with E-state index in [9.17, 15) is 22.8 Å². The van der Waals surface area contributed by atoms with Crippen molar-refractivity contribution in [1.82, 2.24) is 15.4 Å². The van der Waals surface area contributed by atoms with E-state index >= 15 is 0 Å². The monoisotopic (exact) mass is 471 g/mol. The fourth-order valence-corrected chi connectivity index (χ4v) is 3.74. The summed E-state index contributed by atoms with van der Waals surface area (Å²) in [7, 11) is -2.51. The minimum atomic E-state index is -3.85. The molecular formula is C22H21N3O7S. The summed E-state index contributed by atoms with van der Waals surface area (Å²) in [6, 6.07) is 15.7. The summed E-state index contributed by atoms with van der Waals surface area (Å²) in [4.78, 5) is 36.6. The molecule has 2 aromatic carbocycles. The molecule has 1 unspecified atom stereocenters. The fraction of sp³-hybridized carbons (Fsp3) is 0.136. The van der Waals surface area contributed by atoms with E-state index in [4.69, 9.17) is 9.15 Å². The molecule has 0 spiro atoms. The average molecular weight is 471 g/mol. The molecule has 1 atom stereocenters. The highest BCUT2D eigenvalue weighted by atomic mass is 32.2. The van der Waals surface area contributed by atoms with E-state index in [-0.39, 0.29) is 17.0 Å². The molecule has 33 heavy (non-hydrogen) atoms. The summed E-state index contributed by atoms with van der Waals surface area (Å²) in [6.07, 6.45) is 0.0381. The van der Waals surface area contributed by atoms with Gasteiger partial charge in [-0.05, 0) is 36.4 Å². The van der Waals surface area contributed by atoms with E-state index < -0.39 is 34.0 Å². The molecule has 10 nitrogen and oxygen atoms in total. The van der Waals surface area contributed by atoms with Gasteiger partial charge in [0.15, 0.2) is 0 Å². The van der Waals surface area contributed by atoms with Gasteiger partial charge in [-0.3, -0.25) is 10.1 Å². The predicted molar refractivity (Wildman–Crippen MR) is 116 cm³/mol. The first-order chi connectivity index (χ1) is 15.8.